The number of nitrogens with one attached hydrogen (secondary N) is 1. The molecule has 0 saturated carbocycles. The van der Waals surface area contributed by atoms with Gasteiger partial charge in [0.1, 0.15) is 0 Å². The first-order valence-electron chi connectivity index (χ1n) is 7.26. The fourth-order valence-corrected chi connectivity index (χ4v) is 2.56. The normalized spacial score (nSPS) is 22.4. The summed E-state index contributed by atoms with van der Waals surface area (Å²) in [5, 5.41) is 3.70. The van der Waals surface area contributed by atoms with Crippen LogP contribution in [-0.4, -0.2) is 25.8 Å². The van der Waals surface area contributed by atoms with E-state index in [4.69, 9.17) is 4.74 Å². The highest BCUT2D eigenvalue weighted by Gasteiger charge is 2.28. The van der Waals surface area contributed by atoms with E-state index in [2.05, 4.69) is 39.9 Å². The van der Waals surface area contributed by atoms with Gasteiger partial charge in [-0.15, -0.1) is 0 Å². The van der Waals surface area contributed by atoms with E-state index in [1.807, 2.05) is 0 Å². The quantitative estimate of drug-likeness (QED) is 0.796. The minimum absolute atomic E-state index is 0.416. The molecule has 102 valence electrons. The van der Waals surface area contributed by atoms with Crippen molar-refractivity contribution >= 4 is 0 Å². The van der Waals surface area contributed by atoms with Gasteiger partial charge in [-0.3, -0.25) is 0 Å². The summed E-state index contributed by atoms with van der Waals surface area (Å²) in [5.41, 5.74) is 0.416. The van der Waals surface area contributed by atoms with Crippen LogP contribution in [0, 0.1) is 17.3 Å². The van der Waals surface area contributed by atoms with Gasteiger partial charge < -0.3 is 10.1 Å². The van der Waals surface area contributed by atoms with Gasteiger partial charge in [-0.2, -0.15) is 0 Å². The molecule has 0 aromatic carbocycles. The van der Waals surface area contributed by atoms with Gasteiger partial charge in [0, 0.05) is 19.3 Å². The Kier molecular flexibility index (Phi) is 5.94. The second-order valence-corrected chi connectivity index (χ2v) is 6.62. The summed E-state index contributed by atoms with van der Waals surface area (Å²) in [7, 11) is 0. The number of rotatable bonds is 5. The van der Waals surface area contributed by atoms with Gasteiger partial charge in [-0.1, -0.05) is 34.6 Å². The maximum Gasteiger partial charge on any atom is 0.0469 e. The Labute approximate surface area is 108 Å². The maximum absolute atomic E-state index is 5.47. The zero-order valence-corrected chi connectivity index (χ0v) is 12.4. The molecule has 0 radical (unpaired) electrons. The lowest BCUT2D eigenvalue weighted by Crippen LogP contribution is -2.41. The van der Waals surface area contributed by atoms with Crippen molar-refractivity contribution in [3.8, 4) is 0 Å². The number of ether oxygens (including phenoxy) is 1. The Balaban J connectivity index is 2.52. The molecule has 2 nitrogen and oxygen atoms in total. The molecular weight excluding hydrogens is 210 g/mol. The lowest BCUT2D eigenvalue weighted by atomic mass is 9.75. The average Bonchev–Trinajstić information content (AvgIpc) is 2.28. The number of hydrogen-bond donors (Lipinski definition) is 1. The molecule has 1 saturated heterocycles. The van der Waals surface area contributed by atoms with Crippen molar-refractivity contribution in [2.24, 2.45) is 17.3 Å². The Bertz CT molecular complexity index is 203. The van der Waals surface area contributed by atoms with Crippen molar-refractivity contribution in [1.82, 2.24) is 5.32 Å². The highest BCUT2D eigenvalue weighted by Crippen LogP contribution is 2.32. The molecule has 1 fully saturated rings. The van der Waals surface area contributed by atoms with Crippen molar-refractivity contribution in [2.75, 3.05) is 19.8 Å². The van der Waals surface area contributed by atoms with E-state index in [-0.39, 0.29) is 0 Å². The molecule has 0 aliphatic carbocycles. The highest BCUT2D eigenvalue weighted by molar-refractivity contribution is 4.83. The molecule has 0 aromatic heterocycles. The van der Waals surface area contributed by atoms with Crippen LogP contribution in [-0.2, 0) is 4.74 Å². The molecule has 2 atom stereocenters. The Morgan fingerprint density at radius 1 is 1.24 bits per heavy atom. The summed E-state index contributed by atoms with van der Waals surface area (Å²) in [4.78, 5) is 0. The largest absolute Gasteiger partial charge is 0.381 e. The molecule has 2 unspecified atom stereocenters. The van der Waals surface area contributed by atoms with Crippen molar-refractivity contribution in [2.45, 2.75) is 59.9 Å². The van der Waals surface area contributed by atoms with E-state index >= 15 is 0 Å². The molecule has 0 bridgehead atoms. The van der Waals surface area contributed by atoms with Gasteiger partial charge >= 0.3 is 0 Å². The van der Waals surface area contributed by atoms with Gasteiger partial charge in [-0.25, -0.2) is 0 Å². The highest BCUT2D eigenvalue weighted by atomic mass is 16.5. The second kappa shape index (κ2) is 6.75. The van der Waals surface area contributed by atoms with Crippen LogP contribution in [0.25, 0.3) is 0 Å². The molecule has 2 heteroatoms. The maximum atomic E-state index is 5.47. The van der Waals surface area contributed by atoms with Crippen molar-refractivity contribution in [3.63, 3.8) is 0 Å². The summed E-state index contributed by atoms with van der Waals surface area (Å²) in [6.07, 6.45) is 3.76. The van der Waals surface area contributed by atoms with E-state index in [1.54, 1.807) is 0 Å². The van der Waals surface area contributed by atoms with Crippen LogP contribution in [0.15, 0.2) is 0 Å². The summed E-state index contributed by atoms with van der Waals surface area (Å²) < 4.78 is 5.47. The molecule has 1 rings (SSSR count). The number of hydrogen-bond acceptors (Lipinski definition) is 2. The minimum atomic E-state index is 0.416. The van der Waals surface area contributed by atoms with Crippen molar-refractivity contribution in [1.29, 1.82) is 0 Å². The SMILES string of the molecule is CCNC(CC(C)C(C)(C)C)C1CCOCC1. The molecule has 1 N–H and O–H groups in total. The van der Waals surface area contributed by atoms with E-state index in [1.165, 1.54) is 19.3 Å². The van der Waals surface area contributed by atoms with Gasteiger partial charge in [-0.05, 0) is 43.1 Å². The van der Waals surface area contributed by atoms with Gasteiger partial charge in [0.2, 0.25) is 0 Å². The van der Waals surface area contributed by atoms with Gasteiger partial charge in [0.05, 0.1) is 0 Å². The summed E-state index contributed by atoms with van der Waals surface area (Å²) in [6.45, 7) is 14.7. The van der Waals surface area contributed by atoms with Crippen LogP contribution in [0.3, 0.4) is 0 Å². The smallest absolute Gasteiger partial charge is 0.0469 e. The van der Waals surface area contributed by atoms with Gasteiger partial charge in [0.15, 0.2) is 0 Å². The summed E-state index contributed by atoms with van der Waals surface area (Å²) in [6, 6.07) is 0.679. The molecule has 1 aliphatic heterocycles. The molecule has 1 aliphatic rings. The molecular formula is C15H31NO. The standard InChI is InChI=1S/C15H31NO/c1-6-16-14(11-12(2)15(3,4)5)13-7-9-17-10-8-13/h12-14,16H,6-11H2,1-5H3. The lowest BCUT2D eigenvalue weighted by molar-refractivity contribution is 0.0472. The van der Waals surface area contributed by atoms with Crippen LogP contribution in [0.4, 0.5) is 0 Å². The topological polar surface area (TPSA) is 21.3 Å². The lowest BCUT2D eigenvalue weighted by Gasteiger charge is -2.36. The molecule has 0 spiro atoms. The Morgan fingerprint density at radius 3 is 2.29 bits per heavy atom. The first kappa shape index (κ1) is 15.0. The van der Waals surface area contributed by atoms with Crippen molar-refractivity contribution < 1.29 is 4.74 Å². The van der Waals surface area contributed by atoms with Crippen molar-refractivity contribution in [3.05, 3.63) is 0 Å². The molecule has 0 aromatic rings. The van der Waals surface area contributed by atoms with E-state index < -0.39 is 0 Å². The van der Waals surface area contributed by atoms with Crippen LogP contribution < -0.4 is 5.32 Å². The fraction of sp³-hybridized carbons (Fsp3) is 1.00. The van der Waals surface area contributed by atoms with E-state index in [0.717, 1.165) is 31.6 Å². The second-order valence-electron chi connectivity index (χ2n) is 6.62. The fourth-order valence-electron chi connectivity index (χ4n) is 2.56. The molecule has 0 amide bonds. The minimum Gasteiger partial charge on any atom is -0.381 e. The first-order chi connectivity index (χ1) is 7.95. The van der Waals surface area contributed by atoms with E-state index in [0.29, 0.717) is 11.5 Å². The first-order valence-corrected chi connectivity index (χ1v) is 7.26. The van der Waals surface area contributed by atoms with Crippen LogP contribution in [0.5, 0.6) is 0 Å². The predicted octanol–water partition coefficient (Wildman–Crippen LogP) is 3.46. The summed E-state index contributed by atoms with van der Waals surface area (Å²) >= 11 is 0. The predicted molar refractivity (Wildman–Crippen MR) is 74.2 cm³/mol. The van der Waals surface area contributed by atoms with Crippen LogP contribution in [0.1, 0.15) is 53.9 Å². The Morgan fingerprint density at radius 2 is 1.82 bits per heavy atom. The van der Waals surface area contributed by atoms with Crippen LogP contribution >= 0.6 is 0 Å². The third kappa shape index (κ3) is 4.97. The molecule has 1 heterocycles. The van der Waals surface area contributed by atoms with Gasteiger partial charge in [0.25, 0.3) is 0 Å². The molecule has 17 heavy (non-hydrogen) atoms. The zero-order chi connectivity index (χ0) is 12.9. The summed E-state index contributed by atoms with van der Waals surface area (Å²) in [5.74, 6) is 1.57. The van der Waals surface area contributed by atoms with E-state index in [9.17, 15) is 0 Å². The average molecular weight is 241 g/mol. The Hall–Kier alpha value is -0.0800. The third-order valence-corrected chi connectivity index (χ3v) is 4.39. The zero-order valence-electron chi connectivity index (χ0n) is 12.4. The van der Waals surface area contributed by atoms with Crippen LogP contribution in [0.2, 0.25) is 0 Å². The monoisotopic (exact) mass is 241 g/mol. The third-order valence-electron chi connectivity index (χ3n) is 4.39.